The molecule has 1 heterocycles. The minimum atomic E-state index is -0.455. The summed E-state index contributed by atoms with van der Waals surface area (Å²) in [5.74, 6) is -0.0927. The summed E-state index contributed by atoms with van der Waals surface area (Å²) in [7, 11) is 3.38. The summed E-state index contributed by atoms with van der Waals surface area (Å²) in [4.78, 5) is 30.0. The first kappa shape index (κ1) is 17.4. The second kappa shape index (κ2) is 7.21. The van der Waals surface area contributed by atoms with Crippen LogP contribution in [0.3, 0.4) is 0 Å². The van der Waals surface area contributed by atoms with E-state index in [9.17, 15) is 9.59 Å². The number of nitrogens with one attached hydrogen (secondary N) is 2. The maximum atomic E-state index is 12.1. The normalized spacial score (nSPS) is 10.2. The molecule has 130 valence electrons. The van der Waals surface area contributed by atoms with Crippen molar-refractivity contribution in [2.45, 2.75) is 0 Å². The Balaban J connectivity index is 1.75. The quantitative estimate of drug-likeness (QED) is 0.742. The van der Waals surface area contributed by atoms with E-state index in [1.807, 2.05) is 6.07 Å². The third-order valence-electron chi connectivity index (χ3n) is 3.51. The number of rotatable bonds is 3. The van der Waals surface area contributed by atoms with E-state index in [-0.39, 0.29) is 5.91 Å². The van der Waals surface area contributed by atoms with Gasteiger partial charge in [-0.3, -0.25) is 10.1 Å². The second-order valence-corrected chi connectivity index (χ2v) is 6.70. The zero-order chi connectivity index (χ0) is 18.7. The standard InChI is InChI=1S/C18H15N5O2S/c1-23(2)16(24)12-6-7-14-15(9-12)26-18(21-14)22-17(25)20-13-5-3-4-11(8-13)10-19/h3-9H,1-2H3,(H2,20,21,22,25). The van der Waals surface area contributed by atoms with E-state index in [2.05, 4.69) is 15.6 Å². The van der Waals surface area contributed by atoms with Crippen LogP contribution in [-0.2, 0) is 0 Å². The molecule has 0 radical (unpaired) electrons. The molecule has 2 N–H and O–H groups in total. The number of nitrogens with zero attached hydrogens (tertiary/aromatic N) is 3. The predicted octanol–water partition coefficient (Wildman–Crippen LogP) is 3.51. The highest BCUT2D eigenvalue weighted by Gasteiger charge is 2.12. The number of nitriles is 1. The van der Waals surface area contributed by atoms with Gasteiger partial charge in [0.05, 0.1) is 21.8 Å². The molecule has 3 amide bonds. The number of hydrogen-bond acceptors (Lipinski definition) is 5. The first-order chi connectivity index (χ1) is 12.5. The van der Waals surface area contributed by atoms with E-state index in [1.165, 1.54) is 16.2 Å². The molecule has 0 atom stereocenters. The number of urea groups is 1. The molecule has 0 saturated heterocycles. The van der Waals surface area contributed by atoms with E-state index in [0.717, 1.165) is 4.70 Å². The monoisotopic (exact) mass is 365 g/mol. The fourth-order valence-electron chi connectivity index (χ4n) is 2.30. The van der Waals surface area contributed by atoms with Crippen LogP contribution >= 0.6 is 11.3 Å². The van der Waals surface area contributed by atoms with Crippen molar-refractivity contribution in [2.24, 2.45) is 0 Å². The zero-order valence-corrected chi connectivity index (χ0v) is 14.9. The van der Waals surface area contributed by atoms with E-state index in [1.54, 1.807) is 56.6 Å². The second-order valence-electron chi connectivity index (χ2n) is 5.67. The highest BCUT2D eigenvalue weighted by Crippen LogP contribution is 2.27. The average molecular weight is 365 g/mol. The molecule has 2 aromatic carbocycles. The summed E-state index contributed by atoms with van der Waals surface area (Å²) in [6, 6.07) is 13.4. The van der Waals surface area contributed by atoms with Gasteiger partial charge in [0.15, 0.2) is 5.13 Å². The zero-order valence-electron chi connectivity index (χ0n) is 14.1. The van der Waals surface area contributed by atoms with Gasteiger partial charge in [-0.15, -0.1) is 0 Å². The number of hydrogen-bond donors (Lipinski definition) is 2. The molecule has 3 aromatic rings. The molecule has 0 aliphatic heterocycles. The Labute approximate surface area is 153 Å². The third kappa shape index (κ3) is 3.79. The van der Waals surface area contributed by atoms with Crippen LogP contribution in [0.1, 0.15) is 15.9 Å². The van der Waals surface area contributed by atoms with Gasteiger partial charge in [-0.2, -0.15) is 5.26 Å². The number of fused-ring (bicyclic) bond motifs is 1. The van der Waals surface area contributed by atoms with Gasteiger partial charge < -0.3 is 10.2 Å². The SMILES string of the molecule is CN(C)C(=O)c1ccc2nc(NC(=O)Nc3cccc(C#N)c3)sc2c1. The smallest absolute Gasteiger partial charge is 0.325 e. The van der Waals surface area contributed by atoms with Crippen molar-refractivity contribution in [1.82, 2.24) is 9.88 Å². The van der Waals surface area contributed by atoms with Gasteiger partial charge in [-0.25, -0.2) is 9.78 Å². The lowest BCUT2D eigenvalue weighted by Crippen LogP contribution is -2.21. The minimum absolute atomic E-state index is 0.0927. The Bertz CT molecular complexity index is 1040. The van der Waals surface area contributed by atoms with Crippen LogP contribution in [0.2, 0.25) is 0 Å². The summed E-state index contributed by atoms with van der Waals surface area (Å²) in [5.41, 5.74) is 2.24. The highest BCUT2D eigenvalue weighted by molar-refractivity contribution is 7.22. The Hall–Kier alpha value is -3.44. The lowest BCUT2D eigenvalue weighted by Gasteiger charge is -2.09. The Kier molecular flexibility index (Phi) is 4.82. The molecule has 3 rings (SSSR count). The Morgan fingerprint density at radius 1 is 1.15 bits per heavy atom. The fourth-order valence-corrected chi connectivity index (χ4v) is 3.20. The van der Waals surface area contributed by atoms with Crippen molar-refractivity contribution in [3.63, 3.8) is 0 Å². The van der Waals surface area contributed by atoms with Crippen LogP contribution in [0.15, 0.2) is 42.5 Å². The summed E-state index contributed by atoms with van der Waals surface area (Å²) in [6.45, 7) is 0. The molecule has 0 bridgehead atoms. The van der Waals surface area contributed by atoms with Gasteiger partial charge >= 0.3 is 6.03 Å². The summed E-state index contributed by atoms with van der Waals surface area (Å²) >= 11 is 1.28. The largest absolute Gasteiger partial charge is 0.345 e. The van der Waals surface area contributed by atoms with Crippen LogP contribution in [0.5, 0.6) is 0 Å². The van der Waals surface area contributed by atoms with E-state index in [0.29, 0.717) is 27.5 Å². The summed E-state index contributed by atoms with van der Waals surface area (Å²) < 4.78 is 0.805. The molecule has 0 aliphatic rings. The number of carbonyl (C=O) groups is 2. The van der Waals surface area contributed by atoms with Crippen LogP contribution in [0.4, 0.5) is 15.6 Å². The number of thiazole rings is 1. The predicted molar refractivity (Wildman–Crippen MR) is 101 cm³/mol. The molecule has 0 aliphatic carbocycles. The van der Waals surface area contributed by atoms with Crippen molar-refractivity contribution in [1.29, 1.82) is 5.26 Å². The third-order valence-corrected chi connectivity index (χ3v) is 4.45. The molecule has 0 fully saturated rings. The highest BCUT2D eigenvalue weighted by atomic mass is 32.1. The lowest BCUT2D eigenvalue weighted by molar-refractivity contribution is 0.0828. The summed E-state index contributed by atoms with van der Waals surface area (Å²) in [5, 5.41) is 14.6. The number of amides is 3. The molecular weight excluding hydrogens is 350 g/mol. The minimum Gasteiger partial charge on any atom is -0.345 e. The number of carbonyl (C=O) groups excluding carboxylic acids is 2. The maximum absolute atomic E-state index is 12.1. The maximum Gasteiger partial charge on any atom is 0.325 e. The molecule has 0 unspecified atom stereocenters. The van der Waals surface area contributed by atoms with E-state index < -0.39 is 6.03 Å². The first-order valence-corrected chi connectivity index (χ1v) is 8.48. The molecular formula is C18H15N5O2S. The first-order valence-electron chi connectivity index (χ1n) is 7.66. The number of aromatic nitrogens is 1. The van der Waals surface area contributed by atoms with Crippen LogP contribution < -0.4 is 10.6 Å². The van der Waals surface area contributed by atoms with Gasteiger partial charge in [0, 0.05) is 25.3 Å². The van der Waals surface area contributed by atoms with Crippen molar-refractivity contribution >= 4 is 44.3 Å². The van der Waals surface area contributed by atoms with Gasteiger partial charge in [0.2, 0.25) is 0 Å². The van der Waals surface area contributed by atoms with Gasteiger partial charge in [-0.1, -0.05) is 17.4 Å². The molecule has 7 nitrogen and oxygen atoms in total. The number of benzene rings is 2. The molecule has 1 aromatic heterocycles. The van der Waals surface area contributed by atoms with Crippen LogP contribution in [0.25, 0.3) is 10.2 Å². The van der Waals surface area contributed by atoms with Crippen LogP contribution in [-0.4, -0.2) is 35.9 Å². The average Bonchev–Trinajstić information content (AvgIpc) is 3.02. The molecule has 0 spiro atoms. The van der Waals surface area contributed by atoms with E-state index >= 15 is 0 Å². The number of anilines is 2. The van der Waals surface area contributed by atoms with E-state index in [4.69, 9.17) is 5.26 Å². The molecule has 8 heteroatoms. The Morgan fingerprint density at radius 2 is 1.96 bits per heavy atom. The van der Waals surface area contributed by atoms with Crippen molar-refractivity contribution in [3.05, 3.63) is 53.6 Å². The van der Waals surface area contributed by atoms with Gasteiger partial charge in [0.25, 0.3) is 5.91 Å². The summed E-state index contributed by atoms with van der Waals surface area (Å²) in [6.07, 6.45) is 0. The molecule has 0 saturated carbocycles. The van der Waals surface area contributed by atoms with Crippen molar-refractivity contribution < 1.29 is 9.59 Å². The van der Waals surface area contributed by atoms with Gasteiger partial charge in [0.1, 0.15) is 0 Å². The topological polar surface area (TPSA) is 98.1 Å². The lowest BCUT2D eigenvalue weighted by atomic mass is 10.2. The fraction of sp³-hybridized carbons (Fsp3) is 0.111. The van der Waals surface area contributed by atoms with Crippen molar-refractivity contribution in [2.75, 3.05) is 24.7 Å². The Morgan fingerprint density at radius 3 is 2.69 bits per heavy atom. The molecule has 26 heavy (non-hydrogen) atoms. The van der Waals surface area contributed by atoms with Crippen molar-refractivity contribution in [3.8, 4) is 6.07 Å². The van der Waals surface area contributed by atoms with Gasteiger partial charge in [-0.05, 0) is 36.4 Å². The van der Waals surface area contributed by atoms with Crippen LogP contribution in [0, 0.1) is 11.3 Å².